The summed E-state index contributed by atoms with van der Waals surface area (Å²) >= 11 is 0. The molecule has 8 nitrogen and oxygen atoms in total. The predicted molar refractivity (Wildman–Crippen MR) is 119 cm³/mol. The highest BCUT2D eigenvalue weighted by atomic mass is 32.2. The summed E-state index contributed by atoms with van der Waals surface area (Å²) < 4.78 is 44.5. The molecule has 0 aliphatic carbocycles. The van der Waals surface area contributed by atoms with Crippen molar-refractivity contribution in [3.63, 3.8) is 0 Å². The van der Waals surface area contributed by atoms with E-state index in [0.29, 0.717) is 11.7 Å². The molecule has 0 unspecified atom stereocenters. The first-order chi connectivity index (χ1) is 15.1. The number of benzene rings is 2. The van der Waals surface area contributed by atoms with Crippen molar-refractivity contribution in [3.8, 4) is 11.4 Å². The van der Waals surface area contributed by atoms with Crippen LogP contribution < -0.4 is 4.31 Å². The zero-order valence-corrected chi connectivity index (χ0v) is 19.0. The number of hydrogen-bond donors (Lipinski definition) is 0. The third kappa shape index (κ3) is 5.91. The molecule has 0 atom stereocenters. The number of carbonyl (C=O) groups is 1. The van der Waals surface area contributed by atoms with Crippen molar-refractivity contribution in [2.75, 3.05) is 24.2 Å². The fourth-order valence-corrected chi connectivity index (χ4v) is 4.16. The number of rotatable bonds is 9. The molecule has 1 amide bonds. The number of para-hydroxylation sites is 1. The molecule has 0 N–H and O–H groups in total. The molecule has 10 heteroatoms. The molecule has 1 heterocycles. The normalized spacial score (nSPS) is 11.4. The second-order valence-corrected chi connectivity index (χ2v) is 9.43. The average Bonchev–Trinajstić information content (AvgIpc) is 3.19. The van der Waals surface area contributed by atoms with E-state index in [1.165, 1.54) is 23.1 Å². The molecule has 0 bridgehead atoms. The van der Waals surface area contributed by atoms with Crippen LogP contribution in [0.3, 0.4) is 0 Å². The molecular formula is C22H25FN4O4S. The van der Waals surface area contributed by atoms with Gasteiger partial charge in [0.25, 0.3) is 0 Å². The lowest BCUT2D eigenvalue weighted by Gasteiger charge is -2.23. The van der Waals surface area contributed by atoms with Crippen LogP contribution in [0.2, 0.25) is 0 Å². The molecule has 170 valence electrons. The highest BCUT2D eigenvalue weighted by molar-refractivity contribution is 7.92. The van der Waals surface area contributed by atoms with E-state index >= 15 is 0 Å². The Morgan fingerprint density at radius 3 is 2.59 bits per heavy atom. The summed E-state index contributed by atoms with van der Waals surface area (Å²) in [7, 11) is -2.10. The molecule has 0 saturated carbocycles. The zero-order valence-electron chi connectivity index (χ0n) is 18.2. The number of halogens is 1. The molecule has 0 aliphatic rings. The fraction of sp³-hybridized carbons (Fsp3) is 0.318. The van der Waals surface area contributed by atoms with Crippen LogP contribution in [0.5, 0.6) is 0 Å². The van der Waals surface area contributed by atoms with E-state index in [1.54, 1.807) is 13.1 Å². The standard InChI is InChI=1S/C22H25FN4O4S/c1-16-8-6-9-17(14-16)22-24-20(31-25-22)15-26(2)21(28)12-7-13-27(32(3,29)30)19-11-5-4-10-18(19)23/h4-6,8-11,14H,7,12-13,15H2,1-3H3. The van der Waals surface area contributed by atoms with Gasteiger partial charge in [0, 0.05) is 25.6 Å². The van der Waals surface area contributed by atoms with Gasteiger partial charge in [0.2, 0.25) is 27.6 Å². The molecule has 0 radical (unpaired) electrons. The van der Waals surface area contributed by atoms with Crippen molar-refractivity contribution in [1.82, 2.24) is 15.0 Å². The SMILES string of the molecule is Cc1cccc(-c2noc(CN(C)C(=O)CCCN(c3ccccc3F)S(C)(=O)=O)n2)c1. The van der Waals surface area contributed by atoms with Gasteiger partial charge in [0.15, 0.2) is 0 Å². The van der Waals surface area contributed by atoms with Crippen LogP contribution in [-0.2, 0) is 21.4 Å². The van der Waals surface area contributed by atoms with Gasteiger partial charge in [-0.25, -0.2) is 12.8 Å². The number of sulfonamides is 1. The number of aryl methyl sites for hydroxylation is 1. The number of nitrogens with zero attached hydrogens (tertiary/aromatic N) is 4. The van der Waals surface area contributed by atoms with Gasteiger partial charge in [-0.1, -0.05) is 41.1 Å². The first-order valence-electron chi connectivity index (χ1n) is 10.0. The molecule has 32 heavy (non-hydrogen) atoms. The molecule has 0 saturated heterocycles. The van der Waals surface area contributed by atoms with Gasteiger partial charge in [-0.05, 0) is 31.5 Å². The number of hydrogen-bond acceptors (Lipinski definition) is 6. The van der Waals surface area contributed by atoms with E-state index in [2.05, 4.69) is 10.1 Å². The Morgan fingerprint density at radius 2 is 1.91 bits per heavy atom. The van der Waals surface area contributed by atoms with Crippen molar-refractivity contribution in [2.45, 2.75) is 26.3 Å². The number of aromatic nitrogens is 2. The van der Waals surface area contributed by atoms with E-state index in [4.69, 9.17) is 4.52 Å². The second-order valence-electron chi connectivity index (χ2n) is 7.52. The van der Waals surface area contributed by atoms with E-state index in [0.717, 1.165) is 21.7 Å². The van der Waals surface area contributed by atoms with Crippen LogP contribution >= 0.6 is 0 Å². The van der Waals surface area contributed by atoms with Crippen LogP contribution in [0, 0.1) is 12.7 Å². The first kappa shape index (κ1) is 23.4. The summed E-state index contributed by atoms with van der Waals surface area (Å²) in [4.78, 5) is 18.3. The maximum atomic E-state index is 14.1. The van der Waals surface area contributed by atoms with Gasteiger partial charge >= 0.3 is 0 Å². The summed E-state index contributed by atoms with van der Waals surface area (Å²) in [5, 5.41) is 3.96. The average molecular weight is 461 g/mol. The van der Waals surface area contributed by atoms with Crippen molar-refractivity contribution in [3.05, 3.63) is 65.8 Å². The maximum absolute atomic E-state index is 14.1. The summed E-state index contributed by atoms with van der Waals surface area (Å²) in [6.45, 7) is 2.08. The van der Waals surface area contributed by atoms with E-state index in [9.17, 15) is 17.6 Å². The minimum Gasteiger partial charge on any atom is -0.337 e. The van der Waals surface area contributed by atoms with Crippen LogP contribution in [0.15, 0.2) is 53.1 Å². The minimum atomic E-state index is -3.70. The maximum Gasteiger partial charge on any atom is 0.246 e. The molecule has 3 rings (SSSR count). The van der Waals surface area contributed by atoms with Crippen molar-refractivity contribution in [2.24, 2.45) is 0 Å². The quantitative estimate of drug-likeness (QED) is 0.486. The summed E-state index contributed by atoms with van der Waals surface area (Å²) in [5.41, 5.74) is 1.85. The Morgan fingerprint density at radius 1 is 1.16 bits per heavy atom. The number of carbonyl (C=O) groups excluding carboxylic acids is 1. The smallest absolute Gasteiger partial charge is 0.246 e. The fourth-order valence-electron chi connectivity index (χ4n) is 3.20. The Bertz CT molecular complexity index is 1200. The summed E-state index contributed by atoms with van der Waals surface area (Å²) in [6, 6.07) is 13.3. The Balaban J connectivity index is 1.57. The highest BCUT2D eigenvalue weighted by Crippen LogP contribution is 2.22. The molecular weight excluding hydrogens is 435 g/mol. The minimum absolute atomic E-state index is 0.0165. The van der Waals surface area contributed by atoms with E-state index < -0.39 is 15.8 Å². The van der Waals surface area contributed by atoms with Gasteiger partial charge in [0.05, 0.1) is 18.5 Å². The Labute approximate surface area is 186 Å². The number of amides is 1. The zero-order chi connectivity index (χ0) is 23.3. The predicted octanol–water partition coefficient (Wildman–Crippen LogP) is 3.39. The van der Waals surface area contributed by atoms with Crippen LogP contribution in [0.25, 0.3) is 11.4 Å². The monoisotopic (exact) mass is 460 g/mol. The first-order valence-corrected chi connectivity index (χ1v) is 11.9. The summed E-state index contributed by atoms with van der Waals surface area (Å²) in [5.74, 6) is -0.121. The molecule has 0 aliphatic heterocycles. The lowest BCUT2D eigenvalue weighted by Crippen LogP contribution is -2.33. The Kier molecular flexibility index (Phi) is 7.24. The molecule has 2 aromatic carbocycles. The van der Waals surface area contributed by atoms with Gasteiger partial charge in [-0.3, -0.25) is 9.10 Å². The molecule has 3 aromatic rings. The van der Waals surface area contributed by atoms with E-state index in [-0.39, 0.29) is 37.5 Å². The van der Waals surface area contributed by atoms with Gasteiger partial charge < -0.3 is 9.42 Å². The number of anilines is 1. The van der Waals surface area contributed by atoms with Crippen molar-refractivity contribution >= 4 is 21.6 Å². The van der Waals surface area contributed by atoms with Gasteiger partial charge in [0.1, 0.15) is 5.82 Å². The van der Waals surface area contributed by atoms with Crippen molar-refractivity contribution < 1.29 is 22.1 Å². The van der Waals surface area contributed by atoms with Crippen LogP contribution in [-0.4, -0.2) is 49.2 Å². The third-order valence-corrected chi connectivity index (χ3v) is 6.00. The summed E-state index contributed by atoms with van der Waals surface area (Å²) in [6.07, 6.45) is 1.31. The largest absolute Gasteiger partial charge is 0.337 e. The van der Waals surface area contributed by atoms with Crippen molar-refractivity contribution in [1.29, 1.82) is 0 Å². The molecule has 0 fully saturated rings. The van der Waals surface area contributed by atoms with Gasteiger partial charge in [-0.2, -0.15) is 4.98 Å². The second kappa shape index (κ2) is 9.90. The highest BCUT2D eigenvalue weighted by Gasteiger charge is 2.21. The Hall–Kier alpha value is -3.27. The molecule has 1 aromatic heterocycles. The lowest BCUT2D eigenvalue weighted by molar-refractivity contribution is -0.130. The van der Waals surface area contributed by atoms with Gasteiger partial charge in [-0.15, -0.1) is 0 Å². The molecule has 0 spiro atoms. The van der Waals surface area contributed by atoms with E-state index in [1.807, 2.05) is 31.2 Å². The topological polar surface area (TPSA) is 96.6 Å². The lowest BCUT2D eigenvalue weighted by atomic mass is 10.1. The van der Waals surface area contributed by atoms with Crippen LogP contribution in [0.1, 0.15) is 24.3 Å². The third-order valence-electron chi connectivity index (χ3n) is 4.82. The van der Waals surface area contributed by atoms with Crippen LogP contribution in [0.4, 0.5) is 10.1 Å².